The van der Waals surface area contributed by atoms with Gasteiger partial charge < -0.3 is 9.64 Å². The zero-order valence-electron chi connectivity index (χ0n) is 13.2. The maximum absolute atomic E-state index is 5.83. The second-order valence-electron chi connectivity index (χ2n) is 6.29. The molecular formula is C16H28N4O. The molecule has 2 fully saturated rings. The maximum atomic E-state index is 5.83. The van der Waals surface area contributed by atoms with Crippen LogP contribution < -0.4 is 0 Å². The molecule has 0 aliphatic carbocycles. The van der Waals surface area contributed by atoms with Crippen LogP contribution in [-0.4, -0.2) is 71.1 Å². The van der Waals surface area contributed by atoms with Crippen LogP contribution in [0.2, 0.25) is 0 Å². The van der Waals surface area contributed by atoms with E-state index in [0.29, 0.717) is 12.1 Å². The highest BCUT2D eigenvalue weighted by molar-refractivity contribution is 4.89. The Morgan fingerprint density at radius 3 is 3.00 bits per heavy atom. The highest BCUT2D eigenvalue weighted by Crippen LogP contribution is 2.21. The fourth-order valence-corrected chi connectivity index (χ4v) is 3.67. The third-order valence-corrected chi connectivity index (χ3v) is 4.74. The first-order chi connectivity index (χ1) is 10.4. The lowest BCUT2D eigenvalue weighted by atomic mass is 10.0. The van der Waals surface area contributed by atoms with Gasteiger partial charge in [0.05, 0.1) is 13.2 Å². The van der Waals surface area contributed by atoms with E-state index in [0.717, 1.165) is 19.8 Å². The molecule has 0 bridgehead atoms. The summed E-state index contributed by atoms with van der Waals surface area (Å²) in [7, 11) is 0. The van der Waals surface area contributed by atoms with Crippen LogP contribution in [0.15, 0.2) is 18.5 Å². The highest BCUT2D eigenvalue weighted by Gasteiger charge is 2.34. The van der Waals surface area contributed by atoms with Gasteiger partial charge in [-0.3, -0.25) is 9.58 Å². The zero-order valence-corrected chi connectivity index (χ0v) is 13.2. The first kappa shape index (κ1) is 15.0. The molecule has 3 rings (SSSR count). The molecule has 0 amide bonds. The minimum absolute atomic E-state index is 0.605. The summed E-state index contributed by atoms with van der Waals surface area (Å²) < 4.78 is 7.86. The molecule has 5 heteroatoms. The standard InChI is InChI=1S/C16H28N4O/c1-2-5-15-13-21-14-16-12-18(10-11-20(15)16)7-4-9-19-8-3-6-17-19/h3,6,8,15-16H,2,4-5,7,9-14H2,1H3/t15-,16+/m0/s1. The van der Waals surface area contributed by atoms with Crippen LogP contribution in [0, 0.1) is 0 Å². The molecule has 2 aliphatic rings. The van der Waals surface area contributed by atoms with Crippen molar-refractivity contribution in [1.82, 2.24) is 19.6 Å². The van der Waals surface area contributed by atoms with E-state index < -0.39 is 0 Å². The van der Waals surface area contributed by atoms with Gasteiger partial charge in [0.25, 0.3) is 0 Å². The van der Waals surface area contributed by atoms with Crippen molar-refractivity contribution in [1.29, 1.82) is 0 Å². The van der Waals surface area contributed by atoms with E-state index in [4.69, 9.17) is 4.74 Å². The van der Waals surface area contributed by atoms with Crippen LogP contribution >= 0.6 is 0 Å². The molecule has 2 saturated heterocycles. The molecule has 21 heavy (non-hydrogen) atoms. The van der Waals surface area contributed by atoms with Gasteiger partial charge in [-0.1, -0.05) is 13.3 Å². The first-order valence-electron chi connectivity index (χ1n) is 8.40. The quantitative estimate of drug-likeness (QED) is 0.795. The molecule has 0 unspecified atom stereocenters. The molecule has 2 atom stereocenters. The number of fused-ring (bicyclic) bond motifs is 1. The van der Waals surface area contributed by atoms with Crippen molar-refractivity contribution in [3.05, 3.63) is 18.5 Å². The van der Waals surface area contributed by atoms with Gasteiger partial charge in [-0.25, -0.2) is 0 Å². The van der Waals surface area contributed by atoms with Gasteiger partial charge in [0, 0.05) is 57.2 Å². The lowest BCUT2D eigenvalue weighted by Crippen LogP contribution is -2.61. The van der Waals surface area contributed by atoms with Gasteiger partial charge in [0.15, 0.2) is 0 Å². The molecular weight excluding hydrogens is 264 g/mol. The van der Waals surface area contributed by atoms with Crippen molar-refractivity contribution in [2.75, 3.05) is 39.4 Å². The van der Waals surface area contributed by atoms with Gasteiger partial charge in [-0.15, -0.1) is 0 Å². The van der Waals surface area contributed by atoms with E-state index in [2.05, 4.69) is 21.8 Å². The fraction of sp³-hybridized carbons (Fsp3) is 0.812. The van der Waals surface area contributed by atoms with Gasteiger partial charge >= 0.3 is 0 Å². The van der Waals surface area contributed by atoms with Gasteiger partial charge in [0.1, 0.15) is 0 Å². The average Bonchev–Trinajstić information content (AvgIpc) is 3.01. The summed E-state index contributed by atoms with van der Waals surface area (Å²) in [6, 6.07) is 3.25. The fourth-order valence-electron chi connectivity index (χ4n) is 3.67. The largest absolute Gasteiger partial charge is 0.378 e. The van der Waals surface area contributed by atoms with E-state index in [1.807, 2.05) is 23.1 Å². The lowest BCUT2D eigenvalue weighted by molar-refractivity contribution is -0.0829. The Hall–Kier alpha value is -0.910. The van der Waals surface area contributed by atoms with E-state index in [-0.39, 0.29) is 0 Å². The average molecular weight is 292 g/mol. The molecule has 0 aromatic carbocycles. The summed E-state index contributed by atoms with van der Waals surface area (Å²) in [4.78, 5) is 5.30. The van der Waals surface area contributed by atoms with Crippen LogP contribution in [0.25, 0.3) is 0 Å². The molecule has 1 aromatic rings. The van der Waals surface area contributed by atoms with E-state index in [9.17, 15) is 0 Å². The minimum atomic E-state index is 0.605. The Labute approximate surface area is 127 Å². The number of aromatic nitrogens is 2. The van der Waals surface area contributed by atoms with Crippen LogP contribution in [0.1, 0.15) is 26.2 Å². The number of aryl methyl sites for hydroxylation is 1. The Morgan fingerprint density at radius 1 is 1.24 bits per heavy atom. The Morgan fingerprint density at radius 2 is 2.19 bits per heavy atom. The van der Waals surface area contributed by atoms with Gasteiger partial charge in [0.2, 0.25) is 0 Å². The Kier molecular flexibility index (Phi) is 5.27. The van der Waals surface area contributed by atoms with E-state index in [1.54, 1.807) is 0 Å². The van der Waals surface area contributed by atoms with Gasteiger partial charge in [-0.05, 0) is 18.9 Å². The van der Waals surface area contributed by atoms with Crippen molar-refractivity contribution in [2.24, 2.45) is 0 Å². The minimum Gasteiger partial charge on any atom is -0.378 e. The third kappa shape index (κ3) is 3.84. The number of morpholine rings is 1. The van der Waals surface area contributed by atoms with Gasteiger partial charge in [-0.2, -0.15) is 5.10 Å². The first-order valence-corrected chi connectivity index (χ1v) is 8.40. The predicted molar refractivity (Wildman–Crippen MR) is 83.3 cm³/mol. The number of piperazine rings is 1. The van der Waals surface area contributed by atoms with Crippen molar-refractivity contribution < 1.29 is 4.74 Å². The second-order valence-corrected chi connectivity index (χ2v) is 6.29. The topological polar surface area (TPSA) is 33.5 Å². The number of hydrogen-bond acceptors (Lipinski definition) is 4. The SMILES string of the molecule is CCC[C@H]1COC[C@H]2CN(CCCn3cccn3)CCN12. The Balaban J connectivity index is 1.44. The summed E-state index contributed by atoms with van der Waals surface area (Å²) in [5, 5.41) is 4.26. The molecule has 3 heterocycles. The number of nitrogens with zero attached hydrogens (tertiary/aromatic N) is 4. The molecule has 0 radical (unpaired) electrons. The highest BCUT2D eigenvalue weighted by atomic mass is 16.5. The van der Waals surface area contributed by atoms with E-state index in [1.165, 1.54) is 45.4 Å². The van der Waals surface area contributed by atoms with Crippen molar-refractivity contribution in [3.8, 4) is 0 Å². The summed E-state index contributed by atoms with van der Waals surface area (Å²) in [5.74, 6) is 0. The van der Waals surface area contributed by atoms with Crippen LogP contribution in [-0.2, 0) is 11.3 Å². The molecule has 0 saturated carbocycles. The molecule has 0 spiro atoms. The monoisotopic (exact) mass is 292 g/mol. The summed E-state index contributed by atoms with van der Waals surface area (Å²) >= 11 is 0. The molecule has 5 nitrogen and oxygen atoms in total. The van der Waals surface area contributed by atoms with Crippen molar-refractivity contribution in [3.63, 3.8) is 0 Å². The summed E-state index contributed by atoms with van der Waals surface area (Å²) in [6.07, 6.45) is 7.60. The number of rotatable bonds is 6. The molecule has 1 aromatic heterocycles. The second kappa shape index (κ2) is 7.38. The Bertz CT molecular complexity index is 406. The number of hydrogen-bond donors (Lipinski definition) is 0. The number of ether oxygens (including phenoxy) is 1. The van der Waals surface area contributed by atoms with E-state index >= 15 is 0 Å². The third-order valence-electron chi connectivity index (χ3n) is 4.74. The van der Waals surface area contributed by atoms with Crippen molar-refractivity contribution >= 4 is 0 Å². The normalized spacial score (nSPS) is 27.7. The summed E-state index contributed by atoms with van der Waals surface area (Å²) in [6.45, 7) is 9.89. The van der Waals surface area contributed by atoms with Crippen LogP contribution in [0.5, 0.6) is 0 Å². The molecule has 2 aliphatic heterocycles. The van der Waals surface area contributed by atoms with Crippen LogP contribution in [0.4, 0.5) is 0 Å². The smallest absolute Gasteiger partial charge is 0.0635 e. The molecule has 0 N–H and O–H groups in total. The van der Waals surface area contributed by atoms with Crippen molar-refractivity contribution in [2.45, 2.75) is 44.8 Å². The predicted octanol–water partition coefficient (Wildman–Crippen LogP) is 1.46. The molecule has 118 valence electrons. The lowest BCUT2D eigenvalue weighted by Gasteiger charge is -2.48. The summed E-state index contributed by atoms with van der Waals surface area (Å²) in [5.41, 5.74) is 0. The maximum Gasteiger partial charge on any atom is 0.0635 e. The zero-order chi connectivity index (χ0) is 14.5. The van der Waals surface area contributed by atoms with Crippen LogP contribution in [0.3, 0.4) is 0 Å².